The fourth-order valence-corrected chi connectivity index (χ4v) is 2.25. The van der Waals surface area contributed by atoms with E-state index in [2.05, 4.69) is 17.3 Å². The normalized spacial score (nSPS) is 12.3. The number of rotatable bonds is 8. The van der Waals surface area contributed by atoms with Crippen LogP contribution in [0.1, 0.15) is 18.9 Å². The van der Waals surface area contributed by atoms with E-state index in [1.54, 1.807) is 0 Å². The van der Waals surface area contributed by atoms with Crippen molar-refractivity contribution in [1.82, 2.24) is 15.1 Å². The van der Waals surface area contributed by atoms with Crippen molar-refractivity contribution in [1.29, 1.82) is 0 Å². The molecule has 0 aliphatic heterocycles. The monoisotopic (exact) mass is 307 g/mol. The van der Waals surface area contributed by atoms with Crippen molar-refractivity contribution in [3.05, 3.63) is 47.2 Å². The molecule has 5 heteroatoms. The molecule has 0 aliphatic carbocycles. The minimum atomic E-state index is 0.268. The second-order valence-electron chi connectivity index (χ2n) is 5.14. The Morgan fingerprint density at radius 3 is 2.71 bits per heavy atom. The van der Waals surface area contributed by atoms with Crippen LogP contribution in [0.4, 0.5) is 0 Å². The summed E-state index contributed by atoms with van der Waals surface area (Å²) in [5, 5.41) is 8.45. The Kier molecular flexibility index (Phi) is 6.08. The minimum Gasteiger partial charge on any atom is -0.492 e. The van der Waals surface area contributed by atoms with E-state index in [1.165, 1.54) is 5.56 Å². The van der Waals surface area contributed by atoms with E-state index in [9.17, 15) is 0 Å². The Balaban J connectivity index is 1.90. The van der Waals surface area contributed by atoms with Gasteiger partial charge in [0.05, 0.1) is 6.20 Å². The smallest absolute Gasteiger partial charge is 0.119 e. The summed E-state index contributed by atoms with van der Waals surface area (Å²) < 4.78 is 7.68. The SMILES string of the molecule is CCCNC(COc1ccc(Cl)cc1)Cc1cnn(C)c1. The van der Waals surface area contributed by atoms with Crippen molar-refractivity contribution < 1.29 is 4.74 Å². The van der Waals surface area contributed by atoms with E-state index < -0.39 is 0 Å². The molecule has 1 atom stereocenters. The van der Waals surface area contributed by atoms with Gasteiger partial charge in [-0.2, -0.15) is 5.10 Å². The van der Waals surface area contributed by atoms with E-state index in [0.717, 1.165) is 30.2 Å². The van der Waals surface area contributed by atoms with Crippen LogP contribution in [0.15, 0.2) is 36.7 Å². The Morgan fingerprint density at radius 1 is 1.33 bits per heavy atom. The summed E-state index contributed by atoms with van der Waals surface area (Å²) >= 11 is 5.88. The molecule has 0 spiro atoms. The first-order valence-electron chi connectivity index (χ1n) is 7.26. The van der Waals surface area contributed by atoms with E-state index >= 15 is 0 Å². The van der Waals surface area contributed by atoms with Gasteiger partial charge in [-0.25, -0.2) is 0 Å². The van der Waals surface area contributed by atoms with Gasteiger partial charge in [-0.1, -0.05) is 18.5 Å². The van der Waals surface area contributed by atoms with Crippen molar-refractivity contribution in [2.75, 3.05) is 13.2 Å². The first-order valence-corrected chi connectivity index (χ1v) is 7.64. The molecule has 1 aromatic heterocycles. The van der Waals surface area contributed by atoms with Crippen LogP contribution < -0.4 is 10.1 Å². The molecule has 0 aliphatic rings. The van der Waals surface area contributed by atoms with Gasteiger partial charge in [-0.3, -0.25) is 4.68 Å². The number of hydrogen-bond acceptors (Lipinski definition) is 3. The quantitative estimate of drug-likeness (QED) is 0.814. The van der Waals surface area contributed by atoms with Gasteiger partial charge < -0.3 is 10.1 Å². The van der Waals surface area contributed by atoms with E-state index in [4.69, 9.17) is 16.3 Å². The standard InChI is InChI=1S/C16H22ClN3O/c1-3-8-18-15(9-13-10-19-20(2)11-13)12-21-16-6-4-14(17)5-7-16/h4-7,10-11,15,18H,3,8-9,12H2,1-2H3. The summed E-state index contributed by atoms with van der Waals surface area (Å²) in [5.41, 5.74) is 1.21. The molecule has 0 radical (unpaired) electrons. The topological polar surface area (TPSA) is 39.1 Å². The molecule has 0 bridgehead atoms. The van der Waals surface area contributed by atoms with Gasteiger partial charge in [0.2, 0.25) is 0 Å². The zero-order chi connectivity index (χ0) is 15.1. The van der Waals surface area contributed by atoms with Gasteiger partial charge >= 0.3 is 0 Å². The molecular formula is C16H22ClN3O. The lowest BCUT2D eigenvalue weighted by Crippen LogP contribution is -2.37. The third kappa shape index (κ3) is 5.40. The lowest BCUT2D eigenvalue weighted by atomic mass is 10.1. The highest BCUT2D eigenvalue weighted by Gasteiger charge is 2.11. The zero-order valence-corrected chi connectivity index (χ0v) is 13.3. The van der Waals surface area contributed by atoms with Crippen LogP contribution >= 0.6 is 11.6 Å². The van der Waals surface area contributed by atoms with Crippen LogP contribution in [0.3, 0.4) is 0 Å². The number of nitrogens with zero attached hydrogens (tertiary/aromatic N) is 2. The van der Waals surface area contributed by atoms with E-state index in [0.29, 0.717) is 6.61 Å². The molecule has 1 aromatic carbocycles. The lowest BCUT2D eigenvalue weighted by Gasteiger charge is -2.18. The second kappa shape index (κ2) is 8.05. The fourth-order valence-electron chi connectivity index (χ4n) is 2.13. The maximum atomic E-state index is 5.88. The average Bonchev–Trinajstić information content (AvgIpc) is 2.89. The Labute approximate surface area is 131 Å². The summed E-state index contributed by atoms with van der Waals surface area (Å²) in [6.45, 7) is 3.76. The molecule has 0 saturated carbocycles. The number of aromatic nitrogens is 2. The first kappa shape index (κ1) is 15.9. The molecule has 1 unspecified atom stereocenters. The molecular weight excluding hydrogens is 286 g/mol. The number of benzene rings is 1. The van der Waals surface area contributed by atoms with Crippen molar-refractivity contribution in [2.45, 2.75) is 25.8 Å². The predicted octanol–water partition coefficient (Wildman–Crippen LogP) is 3.06. The molecule has 0 saturated heterocycles. The van der Waals surface area contributed by atoms with Crippen LogP contribution in [-0.4, -0.2) is 29.0 Å². The third-order valence-electron chi connectivity index (χ3n) is 3.19. The average molecular weight is 308 g/mol. The molecule has 0 fully saturated rings. The summed E-state index contributed by atoms with van der Waals surface area (Å²) in [6, 6.07) is 7.73. The molecule has 0 amide bonds. The summed E-state index contributed by atoms with van der Waals surface area (Å²) in [7, 11) is 1.93. The Bertz CT molecular complexity index is 539. The van der Waals surface area contributed by atoms with Crippen molar-refractivity contribution >= 4 is 11.6 Å². The van der Waals surface area contributed by atoms with Gasteiger partial charge in [-0.05, 0) is 49.2 Å². The zero-order valence-electron chi connectivity index (χ0n) is 12.6. The van der Waals surface area contributed by atoms with E-state index in [-0.39, 0.29) is 6.04 Å². The van der Waals surface area contributed by atoms with Crippen molar-refractivity contribution in [2.24, 2.45) is 7.05 Å². The van der Waals surface area contributed by atoms with Crippen LogP contribution in [0, 0.1) is 0 Å². The Morgan fingerprint density at radius 2 is 2.10 bits per heavy atom. The Hall–Kier alpha value is -1.52. The molecule has 4 nitrogen and oxygen atoms in total. The van der Waals surface area contributed by atoms with Gasteiger partial charge in [0.15, 0.2) is 0 Å². The number of hydrogen-bond donors (Lipinski definition) is 1. The molecule has 2 aromatic rings. The van der Waals surface area contributed by atoms with Crippen molar-refractivity contribution in [3.63, 3.8) is 0 Å². The second-order valence-corrected chi connectivity index (χ2v) is 5.58. The van der Waals surface area contributed by atoms with Gasteiger partial charge in [0, 0.05) is 24.3 Å². The minimum absolute atomic E-state index is 0.268. The van der Waals surface area contributed by atoms with Crippen LogP contribution in [0.5, 0.6) is 5.75 Å². The largest absolute Gasteiger partial charge is 0.492 e. The molecule has 21 heavy (non-hydrogen) atoms. The highest BCUT2D eigenvalue weighted by molar-refractivity contribution is 6.30. The maximum absolute atomic E-state index is 5.88. The highest BCUT2D eigenvalue weighted by Crippen LogP contribution is 2.16. The third-order valence-corrected chi connectivity index (χ3v) is 3.44. The molecule has 2 rings (SSSR count). The molecule has 114 valence electrons. The van der Waals surface area contributed by atoms with Gasteiger partial charge in [-0.15, -0.1) is 0 Å². The number of aryl methyl sites for hydroxylation is 1. The maximum Gasteiger partial charge on any atom is 0.119 e. The number of nitrogens with one attached hydrogen (secondary N) is 1. The number of halogens is 1. The van der Waals surface area contributed by atoms with Crippen LogP contribution in [0.2, 0.25) is 5.02 Å². The molecule has 1 N–H and O–H groups in total. The summed E-state index contributed by atoms with van der Waals surface area (Å²) in [4.78, 5) is 0. The summed E-state index contributed by atoms with van der Waals surface area (Å²) in [6.07, 6.45) is 5.96. The highest BCUT2D eigenvalue weighted by atomic mass is 35.5. The predicted molar refractivity (Wildman–Crippen MR) is 85.9 cm³/mol. The summed E-state index contributed by atoms with van der Waals surface area (Å²) in [5.74, 6) is 0.842. The fraction of sp³-hybridized carbons (Fsp3) is 0.438. The van der Waals surface area contributed by atoms with Gasteiger partial charge in [0.1, 0.15) is 12.4 Å². The first-order chi connectivity index (χ1) is 10.2. The van der Waals surface area contributed by atoms with Gasteiger partial charge in [0.25, 0.3) is 0 Å². The van der Waals surface area contributed by atoms with E-state index in [1.807, 2.05) is 48.4 Å². The lowest BCUT2D eigenvalue weighted by molar-refractivity contribution is 0.263. The number of ether oxygens (including phenoxy) is 1. The van der Waals surface area contributed by atoms with Crippen LogP contribution in [-0.2, 0) is 13.5 Å². The van der Waals surface area contributed by atoms with Crippen molar-refractivity contribution in [3.8, 4) is 5.75 Å². The molecule has 1 heterocycles. The van der Waals surface area contributed by atoms with Crippen LogP contribution in [0.25, 0.3) is 0 Å².